The molecule has 0 radical (unpaired) electrons. The summed E-state index contributed by atoms with van der Waals surface area (Å²) < 4.78 is 5.93. The van der Waals surface area contributed by atoms with E-state index in [-0.39, 0.29) is 6.10 Å². The molecule has 18 heavy (non-hydrogen) atoms. The fourth-order valence-electron chi connectivity index (χ4n) is 2.66. The average Bonchev–Trinajstić information content (AvgIpc) is 2.46. The molecule has 1 fully saturated rings. The van der Waals surface area contributed by atoms with Gasteiger partial charge < -0.3 is 4.74 Å². The summed E-state index contributed by atoms with van der Waals surface area (Å²) >= 11 is 3.44. The first-order chi connectivity index (χ1) is 8.85. The Morgan fingerprint density at radius 2 is 2.17 bits per heavy atom. The minimum atomic E-state index is 0.0781. The second-order valence-electron chi connectivity index (χ2n) is 4.81. The maximum absolute atomic E-state index is 5.93. The lowest BCUT2D eigenvalue weighted by atomic mass is 9.85. The summed E-state index contributed by atoms with van der Waals surface area (Å²) in [7, 11) is 0. The molecule has 0 aliphatic heterocycles. The third kappa shape index (κ3) is 3.51. The number of ether oxygens (including phenoxy) is 1. The van der Waals surface area contributed by atoms with Gasteiger partial charge in [-0.2, -0.15) is 0 Å². The zero-order chi connectivity index (χ0) is 12.8. The van der Waals surface area contributed by atoms with Gasteiger partial charge in [0.05, 0.1) is 5.69 Å². The molecule has 1 unspecified atom stereocenters. The van der Waals surface area contributed by atoms with Crippen LogP contribution in [0.3, 0.4) is 0 Å². The van der Waals surface area contributed by atoms with E-state index in [4.69, 9.17) is 4.74 Å². The van der Waals surface area contributed by atoms with Gasteiger partial charge in [0.25, 0.3) is 0 Å². The van der Waals surface area contributed by atoms with Gasteiger partial charge in [-0.15, -0.1) is 0 Å². The van der Waals surface area contributed by atoms with E-state index >= 15 is 0 Å². The molecule has 1 aromatic rings. The number of nitrogens with zero attached hydrogens (tertiary/aromatic N) is 2. The van der Waals surface area contributed by atoms with Crippen LogP contribution in [0.4, 0.5) is 0 Å². The van der Waals surface area contributed by atoms with Crippen molar-refractivity contribution in [1.82, 2.24) is 9.97 Å². The van der Waals surface area contributed by atoms with Crippen LogP contribution in [0.5, 0.6) is 0 Å². The number of hydrogen-bond acceptors (Lipinski definition) is 3. The predicted molar refractivity (Wildman–Crippen MR) is 75.6 cm³/mol. The van der Waals surface area contributed by atoms with Gasteiger partial charge >= 0.3 is 0 Å². The maximum atomic E-state index is 5.93. The molecule has 4 heteroatoms. The summed E-state index contributed by atoms with van der Waals surface area (Å²) in [6, 6.07) is 1.95. The van der Waals surface area contributed by atoms with Crippen LogP contribution in [-0.4, -0.2) is 16.6 Å². The highest BCUT2D eigenvalue weighted by atomic mass is 79.9. The van der Waals surface area contributed by atoms with E-state index in [1.807, 2.05) is 19.2 Å². The molecule has 3 nitrogen and oxygen atoms in total. The van der Waals surface area contributed by atoms with Crippen molar-refractivity contribution in [2.24, 2.45) is 5.92 Å². The lowest BCUT2D eigenvalue weighted by Crippen LogP contribution is -2.21. The van der Waals surface area contributed by atoms with Crippen molar-refractivity contribution in [3.63, 3.8) is 0 Å². The molecule has 1 aromatic heterocycles. The van der Waals surface area contributed by atoms with E-state index in [9.17, 15) is 0 Å². The van der Waals surface area contributed by atoms with Crippen LogP contribution in [0.15, 0.2) is 12.3 Å². The van der Waals surface area contributed by atoms with Crippen molar-refractivity contribution >= 4 is 15.9 Å². The average molecular weight is 313 g/mol. The van der Waals surface area contributed by atoms with Crippen LogP contribution in [0.25, 0.3) is 0 Å². The monoisotopic (exact) mass is 312 g/mol. The SMILES string of the molecule is CCOC(c1nccc(CBr)n1)C1CCCCC1. The van der Waals surface area contributed by atoms with Crippen molar-refractivity contribution in [2.45, 2.75) is 50.5 Å². The van der Waals surface area contributed by atoms with Crippen LogP contribution in [0.1, 0.15) is 56.7 Å². The number of aromatic nitrogens is 2. The Kier molecular flexibility index (Phi) is 5.57. The van der Waals surface area contributed by atoms with Gasteiger partial charge in [0.1, 0.15) is 6.10 Å². The van der Waals surface area contributed by atoms with Crippen molar-refractivity contribution in [2.75, 3.05) is 6.61 Å². The third-order valence-corrected chi connectivity index (χ3v) is 4.12. The Morgan fingerprint density at radius 1 is 1.39 bits per heavy atom. The zero-order valence-electron chi connectivity index (χ0n) is 10.9. The summed E-state index contributed by atoms with van der Waals surface area (Å²) in [6.07, 6.45) is 8.39. The highest BCUT2D eigenvalue weighted by Gasteiger charge is 2.27. The number of hydrogen-bond donors (Lipinski definition) is 0. The number of alkyl halides is 1. The molecule has 0 saturated heterocycles. The van der Waals surface area contributed by atoms with Gasteiger partial charge in [-0.3, -0.25) is 0 Å². The summed E-state index contributed by atoms with van der Waals surface area (Å²) in [4.78, 5) is 9.03. The molecule has 100 valence electrons. The number of halogens is 1. The minimum Gasteiger partial charge on any atom is -0.370 e. The molecule has 0 bridgehead atoms. The summed E-state index contributed by atoms with van der Waals surface area (Å²) in [5.41, 5.74) is 1.03. The first kappa shape index (κ1) is 13.9. The summed E-state index contributed by atoms with van der Waals surface area (Å²) in [6.45, 7) is 2.77. The van der Waals surface area contributed by atoms with Gasteiger partial charge in [0.15, 0.2) is 5.82 Å². The van der Waals surface area contributed by atoms with Gasteiger partial charge in [-0.25, -0.2) is 9.97 Å². The van der Waals surface area contributed by atoms with Crippen molar-refractivity contribution in [3.05, 3.63) is 23.8 Å². The van der Waals surface area contributed by atoms with E-state index in [0.29, 0.717) is 5.92 Å². The van der Waals surface area contributed by atoms with Crippen LogP contribution in [-0.2, 0) is 10.1 Å². The molecule has 0 spiro atoms. The van der Waals surface area contributed by atoms with Gasteiger partial charge in [-0.1, -0.05) is 35.2 Å². The van der Waals surface area contributed by atoms with E-state index in [1.54, 1.807) is 0 Å². The lowest BCUT2D eigenvalue weighted by molar-refractivity contribution is -0.000297. The lowest BCUT2D eigenvalue weighted by Gasteiger charge is -2.29. The molecule has 1 atom stereocenters. The maximum Gasteiger partial charge on any atom is 0.157 e. The van der Waals surface area contributed by atoms with E-state index in [0.717, 1.165) is 23.5 Å². The highest BCUT2D eigenvalue weighted by Crippen LogP contribution is 2.35. The molecule has 0 aromatic carbocycles. The Bertz CT molecular complexity index is 367. The zero-order valence-corrected chi connectivity index (χ0v) is 12.5. The largest absolute Gasteiger partial charge is 0.370 e. The molecule has 1 aliphatic carbocycles. The minimum absolute atomic E-state index is 0.0781. The van der Waals surface area contributed by atoms with E-state index in [1.165, 1.54) is 32.1 Å². The fourth-order valence-corrected chi connectivity index (χ4v) is 2.97. The van der Waals surface area contributed by atoms with Crippen molar-refractivity contribution < 1.29 is 4.74 Å². The molecule has 1 heterocycles. The smallest absolute Gasteiger partial charge is 0.157 e. The van der Waals surface area contributed by atoms with Crippen LogP contribution >= 0.6 is 15.9 Å². The highest BCUT2D eigenvalue weighted by molar-refractivity contribution is 9.08. The summed E-state index contributed by atoms with van der Waals surface area (Å²) in [5, 5.41) is 0.770. The first-order valence-electron chi connectivity index (χ1n) is 6.84. The standard InChI is InChI=1S/C14H21BrN2O/c1-2-18-13(11-6-4-3-5-7-11)14-16-9-8-12(10-15)17-14/h8-9,11,13H,2-7,10H2,1H3. The Balaban J connectivity index is 2.16. The Labute approximate surface area is 117 Å². The quantitative estimate of drug-likeness (QED) is 0.770. The molecule has 2 rings (SSSR count). The van der Waals surface area contributed by atoms with Gasteiger partial charge in [0, 0.05) is 18.1 Å². The second-order valence-corrected chi connectivity index (χ2v) is 5.37. The topological polar surface area (TPSA) is 35.0 Å². The molecular formula is C14H21BrN2O. The van der Waals surface area contributed by atoms with Crippen LogP contribution in [0, 0.1) is 5.92 Å². The Morgan fingerprint density at radius 3 is 2.83 bits per heavy atom. The van der Waals surface area contributed by atoms with E-state index in [2.05, 4.69) is 25.9 Å². The molecule has 0 amide bonds. The van der Waals surface area contributed by atoms with E-state index < -0.39 is 0 Å². The summed E-state index contributed by atoms with van der Waals surface area (Å²) in [5.74, 6) is 1.45. The predicted octanol–water partition coefficient (Wildman–Crippen LogP) is 4.03. The normalized spacial score (nSPS) is 18.8. The molecule has 1 saturated carbocycles. The van der Waals surface area contributed by atoms with Crippen molar-refractivity contribution in [3.8, 4) is 0 Å². The number of rotatable bonds is 5. The second kappa shape index (κ2) is 7.19. The van der Waals surface area contributed by atoms with Crippen LogP contribution in [0.2, 0.25) is 0 Å². The molecule has 0 N–H and O–H groups in total. The molecular weight excluding hydrogens is 292 g/mol. The van der Waals surface area contributed by atoms with Gasteiger partial charge in [0.2, 0.25) is 0 Å². The Hall–Kier alpha value is -0.480. The van der Waals surface area contributed by atoms with Crippen molar-refractivity contribution in [1.29, 1.82) is 0 Å². The third-order valence-electron chi connectivity index (χ3n) is 3.55. The molecule has 1 aliphatic rings. The fraction of sp³-hybridized carbons (Fsp3) is 0.714. The van der Waals surface area contributed by atoms with Gasteiger partial charge in [-0.05, 0) is 31.7 Å². The first-order valence-corrected chi connectivity index (χ1v) is 7.96. The van der Waals surface area contributed by atoms with Crippen LogP contribution < -0.4 is 0 Å².